The van der Waals surface area contributed by atoms with E-state index in [4.69, 9.17) is 9.26 Å². The number of carbonyl (C=O) groups is 1. The molecule has 0 spiro atoms. The standard InChI is InChI=1S/C23H26FN3O3/c1-23(2,3)17-11-9-16(10-12-17)22(28)27(4)14-13-20-25-21(30-26-20)15-29-19-8-6-5-7-18(19)24/h5-12H,13-15H2,1-4H3. The summed E-state index contributed by atoms with van der Waals surface area (Å²) in [4.78, 5) is 18.5. The fourth-order valence-corrected chi connectivity index (χ4v) is 2.85. The van der Waals surface area contributed by atoms with Gasteiger partial charge in [-0.1, -0.05) is 50.2 Å². The lowest BCUT2D eigenvalue weighted by molar-refractivity contribution is 0.0795. The van der Waals surface area contributed by atoms with E-state index < -0.39 is 5.82 Å². The molecule has 0 N–H and O–H groups in total. The molecule has 1 aromatic heterocycles. The van der Waals surface area contributed by atoms with Gasteiger partial charge in [0.1, 0.15) is 0 Å². The van der Waals surface area contributed by atoms with Gasteiger partial charge in [0.2, 0.25) is 0 Å². The van der Waals surface area contributed by atoms with E-state index in [2.05, 4.69) is 30.9 Å². The minimum Gasteiger partial charge on any atom is -0.481 e. The Morgan fingerprint density at radius 1 is 1.13 bits per heavy atom. The van der Waals surface area contributed by atoms with E-state index in [-0.39, 0.29) is 29.6 Å². The van der Waals surface area contributed by atoms with Crippen LogP contribution in [0.1, 0.15) is 48.4 Å². The maximum atomic E-state index is 13.6. The number of nitrogens with zero attached hydrogens (tertiary/aromatic N) is 3. The van der Waals surface area contributed by atoms with Gasteiger partial charge >= 0.3 is 0 Å². The molecule has 0 aliphatic heterocycles. The van der Waals surface area contributed by atoms with E-state index in [1.54, 1.807) is 24.1 Å². The summed E-state index contributed by atoms with van der Waals surface area (Å²) in [5, 5.41) is 3.90. The fraction of sp³-hybridized carbons (Fsp3) is 0.348. The number of aromatic nitrogens is 2. The summed E-state index contributed by atoms with van der Waals surface area (Å²) in [5.41, 5.74) is 1.86. The average Bonchev–Trinajstić information content (AvgIpc) is 3.18. The number of para-hydroxylation sites is 1. The van der Waals surface area contributed by atoms with Gasteiger partial charge in [-0.3, -0.25) is 4.79 Å². The Labute approximate surface area is 175 Å². The normalized spacial score (nSPS) is 11.4. The lowest BCUT2D eigenvalue weighted by Gasteiger charge is -2.20. The van der Waals surface area contributed by atoms with Crippen molar-refractivity contribution in [3.05, 3.63) is 77.2 Å². The molecule has 0 radical (unpaired) electrons. The van der Waals surface area contributed by atoms with Crippen LogP contribution in [-0.2, 0) is 18.4 Å². The third-order valence-corrected chi connectivity index (χ3v) is 4.71. The van der Waals surface area contributed by atoms with Gasteiger partial charge in [0.25, 0.3) is 11.8 Å². The molecule has 0 bridgehead atoms. The summed E-state index contributed by atoms with van der Waals surface area (Å²) in [7, 11) is 1.74. The molecule has 0 unspecified atom stereocenters. The topological polar surface area (TPSA) is 68.5 Å². The first kappa shape index (κ1) is 21.5. The van der Waals surface area contributed by atoms with Crippen molar-refractivity contribution in [3.63, 3.8) is 0 Å². The number of ether oxygens (including phenoxy) is 1. The number of hydrogen-bond acceptors (Lipinski definition) is 5. The second-order valence-corrected chi connectivity index (χ2v) is 8.13. The molecular weight excluding hydrogens is 385 g/mol. The van der Waals surface area contributed by atoms with Crippen LogP contribution in [0.15, 0.2) is 53.1 Å². The Bertz CT molecular complexity index is 993. The zero-order valence-electron chi connectivity index (χ0n) is 17.7. The summed E-state index contributed by atoms with van der Waals surface area (Å²) < 4.78 is 24.1. The highest BCUT2D eigenvalue weighted by molar-refractivity contribution is 5.94. The van der Waals surface area contributed by atoms with Crippen LogP contribution >= 0.6 is 0 Å². The van der Waals surface area contributed by atoms with Crippen LogP contribution in [0.5, 0.6) is 5.75 Å². The first-order chi connectivity index (χ1) is 14.2. The van der Waals surface area contributed by atoms with Crippen LogP contribution in [0.25, 0.3) is 0 Å². The third-order valence-electron chi connectivity index (χ3n) is 4.71. The van der Waals surface area contributed by atoms with Crippen molar-refractivity contribution in [3.8, 4) is 5.75 Å². The number of benzene rings is 2. The summed E-state index contributed by atoms with van der Waals surface area (Å²) in [6.45, 7) is 6.82. The van der Waals surface area contributed by atoms with E-state index in [1.807, 2.05) is 24.3 Å². The SMILES string of the molecule is CN(CCc1noc(COc2ccccc2F)n1)C(=O)c1ccc(C(C)(C)C)cc1. The van der Waals surface area contributed by atoms with Crippen molar-refractivity contribution >= 4 is 5.91 Å². The lowest BCUT2D eigenvalue weighted by Crippen LogP contribution is -2.29. The number of rotatable bonds is 7. The van der Waals surface area contributed by atoms with Crippen molar-refractivity contribution in [2.75, 3.05) is 13.6 Å². The van der Waals surface area contributed by atoms with Crippen molar-refractivity contribution < 1.29 is 18.4 Å². The summed E-state index contributed by atoms with van der Waals surface area (Å²) >= 11 is 0. The maximum Gasteiger partial charge on any atom is 0.264 e. The molecule has 0 atom stereocenters. The quantitative estimate of drug-likeness (QED) is 0.576. The van der Waals surface area contributed by atoms with Gasteiger partial charge < -0.3 is 14.2 Å². The number of amides is 1. The van der Waals surface area contributed by atoms with E-state index in [1.165, 1.54) is 17.7 Å². The molecule has 6 nitrogen and oxygen atoms in total. The molecule has 1 amide bonds. The van der Waals surface area contributed by atoms with Gasteiger partial charge in [-0.05, 0) is 35.2 Å². The van der Waals surface area contributed by atoms with Crippen molar-refractivity contribution in [1.29, 1.82) is 0 Å². The Morgan fingerprint density at radius 3 is 2.50 bits per heavy atom. The molecule has 1 heterocycles. The van der Waals surface area contributed by atoms with E-state index >= 15 is 0 Å². The first-order valence-corrected chi connectivity index (χ1v) is 9.79. The molecule has 0 saturated carbocycles. The zero-order valence-corrected chi connectivity index (χ0v) is 17.7. The van der Waals surface area contributed by atoms with Gasteiger partial charge in [0.15, 0.2) is 24.0 Å². The minimum absolute atomic E-state index is 0.0250. The third kappa shape index (κ3) is 5.43. The van der Waals surface area contributed by atoms with Gasteiger partial charge in [0, 0.05) is 25.6 Å². The van der Waals surface area contributed by atoms with Crippen molar-refractivity contribution in [1.82, 2.24) is 15.0 Å². The van der Waals surface area contributed by atoms with Crippen molar-refractivity contribution in [2.45, 2.75) is 39.2 Å². The first-order valence-electron chi connectivity index (χ1n) is 9.79. The molecular formula is C23H26FN3O3. The smallest absolute Gasteiger partial charge is 0.264 e. The summed E-state index contributed by atoms with van der Waals surface area (Å²) in [6, 6.07) is 13.8. The largest absolute Gasteiger partial charge is 0.481 e. The molecule has 3 rings (SSSR count). The monoisotopic (exact) mass is 411 g/mol. The van der Waals surface area contributed by atoms with Crippen LogP contribution in [0, 0.1) is 5.82 Å². The van der Waals surface area contributed by atoms with Gasteiger partial charge in [-0.25, -0.2) is 4.39 Å². The zero-order chi connectivity index (χ0) is 21.7. The van der Waals surface area contributed by atoms with E-state index in [0.29, 0.717) is 24.4 Å². The molecule has 3 aromatic rings. The van der Waals surface area contributed by atoms with Crippen LogP contribution in [0.3, 0.4) is 0 Å². The molecule has 0 aliphatic carbocycles. The van der Waals surface area contributed by atoms with Crippen molar-refractivity contribution in [2.24, 2.45) is 0 Å². The Kier molecular flexibility index (Phi) is 6.50. The maximum absolute atomic E-state index is 13.6. The molecule has 0 saturated heterocycles. The van der Waals surface area contributed by atoms with Crippen LogP contribution in [0.2, 0.25) is 0 Å². The predicted molar refractivity (Wildman–Crippen MR) is 111 cm³/mol. The highest BCUT2D eigenvalue weighted by atomic mass is 19.1. The minimum atomic E-state index is -0.451. The van der Waals surface area contributed by atoms with Gasteiger partial charge in [-0.2, -0.15) is 4.98 Å². The van der Waals surface area contributed by atoms with Crippen LogP contribution in [-0.4, -0.2) is 34.5 Å². The Hall–Kier alpha value is -3.22. The average molecular weight is 411 g/mol. The molecule has 30 heavy (non-hydrogen) atoms. The lowest BCUT2D eigenvalue weighted by atomic mass is 9.86. The molecule has 0 aliphatic rings. The summed E-state index contributed by atoms with van der Waals surface area (Å²) in [6.07, 6.45) is 0.436. The fourth-order valence-electron chi connectivity index (χ4n) is 2.85. The second kappa shape index (κ2) is 9.07. The van der Waals surface area contributed by atoms with Crippen LogP contribution < -0.4 is 4.74 Å². The summed E-state index contributed by atoms with van der Waals surface area (Å²) in [5.74, 6) is 0.319. The highest BCUT2D eigenvalue weighted by Crippen LogP contribution is 2.22. The van der Waals surface area contributed by atoms with Gasteiger partial charge in [-0.15, -0.1) is 0 Å². The molecule has 0 fully saturated rings. The number of likely N-dealkylation sites (N-methyl/N-ethyl adjacent to an activating group) is 1. The Balaban J connectivity index is 1.51. The number of halogens is 1. The Morgan fingerprint density at radius 2 is 1.83 bits per heavy atom. The second-order valence-electron chi connectivity index (χ2n) is 8.13. The van der Waals surface area contributed by atoms with E-state index in [0.717, 1.165) is 0 Å². The number of carbonyl (C=O) groups excluding carboxylic acids is 1. The molecule has 158 valence electrons. The number of hydrogen-bond donors (Lipinski definition) is 0. The molecule has 7 heteroatoms. The van der Waals surface area contributed by atoms with Crippen LogP contribution in [0.4, 0.5) is 4.39 Å². The highest BCUT2D eigenvalue weighted by Gasteiger charge is 2.17. The van der Waals surface area contributed by atoms with E-state index in [9.17, 15) is 9.18 Å². The molecule has 2 aromatic carbocycles. The predicted octanol–water partition coefficient (Wildman–Crippen LogP) is 4.40. The van der Waals surface area contributed by atoms with Gasteiger partial charge in [0.05, 0.1) is 0 Å².